The van der Waals surface area contributed by atoms with E-state index < -0.39 is 23.0 Å². The van der Waals surface area contributed by atoms with Gasteiger partial charge in [0.25, 0.3) is 0 Å². The van der Waals surface area contributed by atoms with Crippen molar-refractivity contribution in [3.05, 3.63) is 95.2 Å². The van der Waals surface area contributed by atoms with Crippen molar-refractivity contribution in [3.63, 3.8) is 0 Å². The second kappa shape index (κ2) is 8.47. The molecule has 0 bridgehead atoms. The summed E-state index contributed by atoms with van der Waals surface area (Å²) in [4.78, 5) is 11.8. The van der Waals surface area contributed by atoms with Crippen LogP contribution >= 0.6 is 11.8 Å². The van der Waals surface area contributed by atoms with Crippen LogP contribution in [-0.4, -0.2) is 21.3 Å². The van der Waals surface area contributed by atoms with E-state index in [-0.39, 0.29) is 6.42 Å². The fourth-order valence-electron chi connectivity index (χ4n) is 3.44. The van der Waals surface area contributed by atoms with E-state index in [9.17, 15) is 18.0 Å². The largest absolute Gasteiger partial charge is 0.481 e. The maximum Gasteiger partial charge on any atom is 0.416 e. The summed E-state index contributed by atoms with van der Waals surface area (Å²) in [7, 11) is 0. The first-order valence-electron chi connectivity index (χ1n) is 9.38. The number of hydrogen-bond acceptors (Lipinski definition) is 3. The van der Waals surface area contributed by atoms with Crippen LogP contribution in [0.2, 0.25) is 0 Å². The molecule has 1 atom stereocenters. The average Bonchev–Trinajstić information content (AvgIpc) is 3.20. The van der Waals surface area contributed by atoms with Crippen LogP contribution in [0.5, 0.6) is 0 Å². The van der Waals surface area contributed by atoms with E-state index >= 15 is 0 Å². The number of H-pyrrole nitrogens is 1. The molecule has 0 amide bonds. The molecule has 0 spiro atoms. The fourth-order valence-corrected chi connectivity index (χ4v) is 4.69. The second-order valence-corrected chi connectivity index (χ2v) is 8.20. The third kappa shape index (κ3) is 4.74. The monoisotopic (exact) mass is 442 g/mol. The predicted molar refractivity (Wildman–Crippen MR) is 113 cm³/mol. The van der Waals surface area contributed by atoms with Crippen molar-refractivity contribution in [2.24, 2.45) is 0 Å². The Bertz CT molecular complexity index is 1240. The van der Waals surface area contributed by atoms with E-state index in [1.807, 2.05) is 24.3 Å². The van der Waals surface area contributed by atoms with Crippen molar-refractivity contribution >= 4 is 28.6 Å². The van der Waals surface area contributed by atoms with Gasteiger partial charge in [0.2, 0.25) is 0 Å². The molecule has 0 aliphatic carbocycles. The zero-order valence-corrected chi connectivity index (χ0v) is 16.9. The number of rotatable bonds is 6. The number of nitrogens with zero attached hydrogens (tertiary/aromatic N) is 1. The quantitative estimate of drug-likeness (QED) is 0.355. The van der Waals surface area contributed by atoms with Crippen molar-refractivity contribution < 1.29 is 23.1 Å². The number of para-hydroxylation sites is 1. The number of carbonyl (C=O) groups is 1. The third-order valence-corrected chi connectivity index (χ3v) is 6.10. The Morgan fingerprint density at radius 3 is 2.61 bits per heavy atom. The maximum atomic E-state index is 13.4. The Morgan fingerprint density at radius 1 is 1.06 bits per heavy atom. The Hall–Kier alpha value is -3.26. The van der Waals surface area contributed by atoms with Gasteiger partial charge in [0.1, 0.15) is 0 Å². The normalized spacial score (nSPS) is 12.7. The van der Waals surface area contributed by atoms with Gasteiger partial charge in [0.15, 0.2) is 0 Å². The highest BCUT2D eigenvalue weighted by Gasteiger charge is 2.31. The van der Waals surface area contributed by atoms with Gasteiger partial charge in [-0.1, -0.05) is 48.5 Å². The van der Waals surface area contributed by atoms with Crippen LogP contribution in [0, 0.1) is 0 Å². The lowest BCUT2D eigenvalue weighted by Crippen LogP contribution is -2.07. The first kappa shape index (κ1) is 21.0. The highest BCUT2D eigenvalue weighted by molar-refractivity contribution is 7.99. The summed E-state index contributed by atoms with van der Waals surface area (Å²) < 4.78 is 40.1. The van der Waals surface area contributed by atoms with Crippen LogP contribution in [0.4, 0.5) is 13.2 Å². The van der Waals surface area contributed by atoms with E-state index in [4.69, 9.17) is 5.11 Å². The molecule has 8 heteroatoms. The van der Waals surface area contributed by atoms with Crippen molar-refractivity contribution in [3.8, 4) is 0 Å². The van der Waals surface area contributed by atoms with E-state index in [1.165, 1.54) is 17.8 Å². The Labute approximate surface area is 180 Å². The summed E-state index contributed by atoms with van der Waals surface area (Å²) in [6, 6.07) is 17.9. The molecule has 0 aliphatic rings. The zero-order valence-electron chi connectivity index (χ0n) is 16.1. The number of fused-ring (bicyclic) bond motifs is 1. The molecule has 4 aromatic rings. The summed E-state index contributed by atoms with van der Waals surface area (Å²) in [6.45, 7) is 0. The first-order valence-corrected chi connectivity index (χ1v) is 10.3. The third-order valence-electron chi connectivity index (χ3n) is 4.82. The van der Waals surface area contributed by atoms with Gasteiger partial charge in [-0.05, 0) is 34.9 Å². The molecule has 1 unspecified atom stereocenters. The number of thioether (sulfide) groups is 1. The summed E-state index contributed by atoms with van der Waals surface area (Å²) in [6.07, 6.45) is -2.91. The molecule has 0 saturated carbocycles. The van der Waals surface area contributed by atoms with E-state index in [1.54, 1.807) is 30.5 Å². The van der Waals surface area contributed by atoms with Crippen LogP contribution in [0.15, 0.2) is 77.8 Å². The minimum atomic E-state index is -4.45. The summed E-state index contributed by atoms with van der Waals surface area (Å²) in [5.74, 6) is -0.946. The van der Waals surface area contributed by atoms with E-state index in [0.29, 0.717) is 11.1 Å². The lowest BCUT2D eigenvalue weighted by molar-refractivity contribution is -0.138. The van der Waals surface area contributed by atoms with E-state index in [2.05, 4.69) is 10.2 Å². The molecule has 3 aromatic carbocycles. The molecule has 2 N–H and O–H groups in total. The van der Waals surface area contributed by atoms with Crippen molar-refractivity contribution in [2.45, 2.75) is 22.7 Å². The molecule has 0 fully saturated rings. The van der Waals surface area contributed by atoms with Gasteiger partial charge in [-0.15, -0.1) is 11.8 Å². The highest BCUT2D eigenvalue weighted by atomic mass is 32.2. The van der Waals surface area contributed by atoms with Gasteiger partial charge in [-0.2, -0.15) is 18.3 Å². The molecule has 0 aliphatic heterocycles. The molecule has 1 aromatic heterocycles. The van der Waals surface area contributed by atoms with Crippen LogP contribution in [-0.2, 0) is 17.4 Å². The van der Waals surface area contributed by atoms with Crippen LogP contribution in [0.3, 0.4) is 0 Å². The molecular weight excluding hydrogens is 425 g/mol. The number of aromatic nitrogens is 2. The highest BCUT2D eigenvalue weighted by Crippen LogP contribution is 2.44. The maximum absolute atomic E-state index is 13.4. The predicted octanol–water partition coefficient (Wildman–Crippen LogP) is 6.09. The average molecular weight is 442 g/mol. The first-order chi connectivity index (χ1) is 14.8. The minimum Gasteiger partial charge on any atom is -0.481 e. The van der Waals surface area contributed by atoms with Gasteiger partial charge in [0, 0.05) is 10.3 Å². The fraction of sp³-hybridized carbons (Fsp3) is 0.130. The molecule has 4 nitrogen and oxygen atoms in total. The summed E-state index contributed by atoms with van der Waals surface area (Å²) in [5, 5.41) is 16.5. The molecule has 31 heavy (non-hydrogen) atoms. The summed E-state index contributed by atoms with van der Waals surface area (Å²) >= 11 is 1.37. The Morgan fingerprint density at radius 2 is 1.84 bits per heavy atom. The van der Waals surface area contributed by atoms with Crippen LogP contribution in [0.1, 0.15) is 27.5 Å². The number of halogens is 3. The summed E-state index contributed by atoms with van der Waals surface area (Å²) in [5.41, 5.74) is 1.94. The number of carboxylic acids is 1. The van der Waals surface area contributed by atoms with Crippen LogP contribution < -0.4 is 0 Å². The molecule has 0 saturated heterocycles. The molecule has 158 valence electrons. The topological polar surface area (TPSA) is 66.0 Å². The lowest BCUT2D eigenvalue weighted by Gasteiger charge is -2.20. The van der Waals surface area contributed by atoms with Gasteiger partial charge >= 0.3 is 12.1 Å². The number of hydrogen-bond donors (Lipinski definition) is 2. The standard InChI is InChI=1S/C23H17F3N2O2S/c24-23(25,26)17-7-2-5-15(12-17)22(19-9-3-6-16-13-27-28-21(16)19)31-18-8-1-4-14(10-18)11-20(29)30/h1-10,12-13,22H,11H2,(H,27,28)(H,29,30). The van der Waals surface area contributed by atoms with Crippen molar-refractivity contribution in [2.75, 3.05) is 0 Å². The minimum absolute atomic E-state index is 0.126. The number of benzene rings is 3. The smallest absolute Gasteiger partial charge is 0.416 e. The van der Waals surface area contributed by atoms with Gasteiger partial charge in [-0.3, -0.25) is 9.89 Å². The molecule has 4 rings (SSSR count). The molecular formula is C23H17F3N2O2S. The Balaban J connectivity index is 1.81. The number of aromatic amines is 1. The lowest BCUT2D eigenvalue weighted by atomic mass is 10.0. The molecule has 0 radical (unpaired) electrons. The number of aliphatic carboxylic acids is 1. The zero-order chi connectivity index (χ0) is 22.0. The second-order valence-electron chi connectivity index (χ2n) is 7.02. The number of nitrogens with one attached hydrogen (secondary N) is 1. The molecule has 1 heterocycles. The number of carboxylic acid groups (broad SMARTS) is 1. The van der Waals surface area contributed by atoms with Gasteiger partial charge < -0.3 is 5.11 Å². The SMILES string of the molecule is O=C(O)Cc1cccc(SC(c2cccc(C(F)(F)F)c2)c2cccc3cn[nH]c23)c1. The van der Waals surface area contributed by atoms with Gasteiger partial charge in [-0.25, -0.2) is 0 Å². The Kier molecular flexibility index (Phi) is 5.73. The van der Waals surface area contributed by atoms with E-state index in [0.717, 1.165) is 33.5 Å². The van der Waals surface area contributed by atoms with Crippen LogP contribution in [0.25, 0.3) is 10.9 Å². The van der Waals surface area contributed by atoms with Crippen molar-refractivity contribution in [1.82, 2.24) is 10.2 Å². The number of alkyl halides is 3. The van der Waals surface area contributed by atoms with Crippen molar-refractivity contribution in [1.29, 1.82) is 0 Å². The van der Waals surface area contributed by atoms with Gasteiger partial charge in [0.05, 0.1) is 28.9 Å².